The highest BCUT2D eigenvalue weighted by Crippen LogP contribution is 2.35. The zero-order valence-electron chi connectivity index (χ0n) is 11.9. The largest absolute Gasteiger partial charge is 0.399 e. The van der Waals surface area contributed by atoms with Gasteiger partial charge < -0.3 is 5.73 Å². The third kappa shape index (κ3) is 3.11. The first-order chi connectivity index (χ1) is 9.33. The molecule has 2 aliphatic rings. The summed E-state index contributed by atoms with van der Waals surface area (Å²) in [6, 6.07) is 9.24. The van der Waals surface area contributed by atoms with Gasteiger partial charge in [-0.1, -0.05) is 31.4 Å². The average molecular weight is 258 g/mol. The summed E-state index contributed by atoms with van der Waals surface area (Å²) >= 11 is 0. The molecule has 1 aromatic rings. The predicted molar refractivity (Wildman–Crippen MR) is 80.9 cm³/mol. The van der Waals surface area contributed by atoms with Gasteiger partial charge in [-0.25, -0.2) is 0 Å². The number of nitrogens with zero attached hydrogens (tertiary/aromatic N) is 1. The molecule has 0 spiro atoms. The van der Waals surface area contributed by atoms with Gasteiger partial charge in [0.2, 0.25) is 0 Å². The Morgan fingerprint density at radius 2 is 1.89 bits per heavy atom. The Morgan fingerprint density at radius 3 is 2.68 bits per heavy atom. The fourth-order valence-corrected chi connectivity index (χ4v) is 4.03. The van der Waals surface area contributed by atoms with E-state index in [-0.39, 0.29) is 0 Å². The lowest BCUT2D eigenvalue weighted by atomic mass is 9.83. The summed E-state index contributed by atoms with van der Waals surface area (Å²) in [5.74, 6) is 0.956. The zero-order chi connectivity index (χ0) is 13.1. The third-order valence-corrected chi connectivity index (χ3v) is 4.94. The molecule has 1 aromatic carbocycles. The van der Waals surface area contributed by atoms with Crippen LogP contribution in [0.2, 0.25) is 0 Å². The Labute approximate surface area is 117 Å². The molecular formula is C17H26N2. The van der Waals surface area contributed by atoms with E-state index in [1.165, 1.54) is 57.1 Å². The van der Waals surface area contributed by atoms with Crippen LogP contribution in [0.1, 0.15) is 50.5 Å². The minimum atomic E-state index is 0.835. The molecule has 3 rings (SSSR count). The van der Waals surface area contributed by atoms with E-state index in [2.05, 4.69) is 23.1 Å². The number of nitrogens with two attached hydrogens (primary N) is 1. The topological polar surface area (TPSA) is 29.3 Å². The lowest BCUT2D eigenvalue weighted by Crippen LogP contribution is -2.36. The predicted octanol–water partition coefficient (Wildman–Crippen LogP) is 3.81. The summed E-state index contributed by atoms with van der Waals surface area (Å²) in [5, 5.41) is 0. The number of anilines is 1. The monoisotopic (exact) mass is 258 g/mol. The quantitative estimate of drug-likeness (QED) is 0.835. The minimum absolute atomic E-state index is 0.835. The van der Waals surface area contributed by atoms with Gasteiger partial charge in [0.05, 0.1) is 0 Å². The van der Waals surface area contributed by atoms with Crippen LogP contribution in [-0.2, 0) is 6.54 Å². The van der Waals surface area contributed by atoms with Crippen LogP contribution < -0.4 is 5.73 Å². The molecule has 0 aromatic heterocycles. The van der Waals surface area contributed by atoms with Crippen molar-refractivity contribution in [3.8, 4) is 0 Å². The number of hydrogen-bond acceptors (Lipinski definition) is 2. The summed E-state index contributed by atoms with van der Waals surface area (Å²) in [6.45, 7) is 2.36. The summed E-state index contributed by atoms with van der Waals surface area (Å²) < 4.78 is 0. The Bertz CT molecular complexity index is 409. The van der Waals surface area contributed by atoms with Crippen LogP contribution in [0.5, 0.6) is 0 Å². The fraction of sp³-hybridized carbons (Fsp3) is 0.647. The second-order valence-corrected chi connectivity index (χ2v) is 6.32. The summed E-state index contributed by atoms with van der Waals surface area (Å²) in [4.78, 5) is 2.71. The van der Waals surface area contributed by atoms with E-state index in [1.54, 1.807) is 0 Å². The van der Waals surface area contributed by atoms with Crippen LogP contribution in [-0.4, -0.2) is 17.5 Å². The molecule has 1 unspecified atom stereocenters. The van der Waals surface area contributed by atoms with Crippen LogP contribution in [0.25, 0.3) is 0 Å². The molecule has 0 amide bonds. The average Bonchev–Trinajstić information content (AvgIpc) is 2.88. The van der Waals surface area contributed by atoms with Crippen molar-refractivity contribution in [3.05, 3.63) is 29.8 Å². The first-order valence-corrected chi connectivity index (χ1v) is 7.91. The van der Waals surface area contributed by atoms with Gasteiger partial charge in [0.1, 0.15) is 0 Å². The van der Waals surface area contributed by atoms with Gasteiger partial charge >= 0.3 is 0 Å². The smallest absolute Gasteiger partial charge is 0.0317 e. The molecule has 2 nitrogen and oxygen atoms in total. The van der Waals surface area contributed by atoms with E-state index >= 15 is 0 Å². The molecule has 2 fully saturated rings. The molecule has 1 heterocycles. The van der Waals surface area contributed by atoms with Crippen molar-refractivity contribution in [1.29, 1.82) is 0 Å². The van der Waals surface area contributed by atoms with Crippen molar-refractivity contribution in [3.63, 3.8) is 0 Å². The van der Waals surface area contributed by atoms with Gasteiger partial charge in [-0.15, -0.1) is 0 Å². The molecule has 104 valence electrons. The van der Waals surface area contributed by atoms with E-state index in [0.717, 1.165) is 24.2 Å². The molecule has 1 aliphatic carbocycles. The normalized spacial score (nSPS) is 25.8. The van der Waals surface area contributed by atoms with Crippen LogP contribution in [0.4, 0.5) is 5.69 Å². The SMILES string of the molecule is Nc1cccc(CN2CCCC2C2CCCCC2)c1. The first kappa shape index (κ1) is 13.0. The van der Waals surface area contributed by atoms with Crippen LogP contribution in [0.3, 0.4) is 0 Å². The lowest BCUT2D eigenvalue weighted by Gasteiger charge is -2.34. The van der Waals surface area contributed by atoms with E-state index in [4.69, 9.17) is 5.73 Å². The van der Waals surface area contributed by atoms with Crippen LogP contribution in [0, 0.1) is 5.92 Å². The number of hydrogen-bond donors (Lipinski definition) is 1. The molecule has 0 radical (unpaired) electrons. The zero-order valence-corrected chi connectivity index (χ0v) is 11.9. The van der Waals surface area contributed by atoms with Gasteiger partial charge in [-0.05, 0) is 55.8 Å². The summed E-state index contributed by atoms with van der Waals surface area (Å²) in [7, 11) is 0. The van der Waals surface area contributed by atoms with Crippen molar-refractivity contribution >= 4 is 5.69 Å². The van der Waals surface area contributed by atoms with Gasteiger partial charge in [0.15, 0.2) is 0 Å². The van der Waals surface area contributed by atoms with Crippen LogP contribution >= 0.6 is 0 Å². The summed E-state index contributed by atoms with van der Waals surface area (Å²) in [5.41, 5.74) is 8.16. The fourth-order valence-electron chi connectivity index (χ4n) is 4.03. The molecule has 0 bridgehead atoms. The van der Waals surface area contributed by atoms with Crippen molar-refractivity contribution in [2.75, 3.05) is 12.3 Å². The Hall–Kier alpha value is -1.02. The van der Waals surface area contributed by atoms with Crippen LogP contribution in [0.15, 0.2) is 24.3 Å². The number of nitrogen functional groups attached to an aromatic ring is 1. The Balaban J connectivity index is 1.65. The highest BCUT2D eigenvalue weighted by molar-refractivity contribution is 5.40. The molecule has 2 N–H and O–H groups in total. The number of benzene rings is 1. The number of rotatable bonds is 3. The lowest BCUT2D eigenvalue weighted by molar-refractivity contribution is 0.151. The molecule has 2 heteroatoms. The highest BCUT2D eigenvalue weighted by Gasteiger charge is 2.32. The van der Waals surface area contributed by atoms with Gasteiger partial charge in [-0.2, -0.15) is 0 Å². The second-order valence-electron chi connectivity index (χ2n) is 6.32. The van der Waals surface area contributed by atoms with Gasteiger partial charge in [0.25, 0.3) is 0 Å². The Kier molecular flexibility index (Phi) is 4.07. The second kappa shape index (κ2) is 5.96. The molecule has 19 heavy (non-hydrogen) atoms. The molecule has 1 atom stereocenters. The number of likely N-dealkylation sites (tertiary alicyclic amines) is 1. The van der Waals surface area contributed by atoms with E-state index in [9.17, 15) is 0 Å². The molecule has 1 saturated carbocycles. The molecule has 1 saturated heterocycles. The van der Waals surface area contributed by atoms with E-state index in [0.29, 0.717) is 0 Å². The summed E-state index contributed by atoms with van der Waals surface area (Å²) in [6.07, 6.45) is 10.1. The standard InChI is InChI=1S/C17H26N2/c18-16-9-4-6-14(12-16)13-19-11-5-10-17(19)15-7-2-1-3-8-15/h4,6,9,12,15,17H,1-3,5,7-8,10-11,13,18H2. The molecular weight excluding hydrogens is 232 g/mol. The van der Waals surface area contributed by atoms with E-state index in [1.807, 2.05) is 6.07 Å². The van der Waals surface area contributed by atoms with Crippen molar-refractivity contribution in [2.24, 2.45) is 5.92 Å². The van der Waals surface area contributed by atoms with Crippen molar-refractivity contribution in [2.45, 2.75) is 57.5 Å². The first-order valence-electron chi connectivity index (χ1n) is 7.91. The Morgan fingerprint density at radius 1 is 1.05 bits per heavy atom. The molecule has 1 aliphatic heterocycles. The third-order valence-electron chi connectivity index (χ3n) is 4.94. The van der Waals surface area contributed by atoms with Crippen molar-refractivity contribution in [1.82, 2.24) is 4.90 Å². The van der Waals surface area contributed by atoms with Crippen molar-refractivity contribution < 1.29 is 0 Å². The highest BCUT2D eigenvalue weighted by atomic mass is 15.2. The maximum Gasteiger partial charge on any atom is 0.0317 e. The maximum absolute atomic E-state index is 5.89. The minimum Gasteiger partial charge on any atom is -0.399 e. The van der Waals surface area contributed by atoms with E-state index < -0.39 is 0 Å². The van der Waals surface area contributed by atoms with Gasteiger partial charge in [-0.3, -0.25) is 4.90 Å². The maximum atomic E-state index is 5.89. The van der Waals surface area contributed by atoms with Gasteiger partial charge in [0, 0.05) is 18.3 Å².